The smallest absolute Gasteiger partial charge is 0.292 e. The average molecular weight is 371 g/mol. The Labute approximate surface area is 152 Å². The van der Waals surface area contributed by atoms with Crippen molar-refractivity contribution in [3.8, 4) is 0 Å². The van der Waals surface area contributed by atoms with Gasteiger partial charge in [0.1, 0.15) is 24.4 Å². The number of aromatic nitrogens is 1. The number of ether oxygens (including phenoxy) is 1. The number of likely N-dealkylation sites (tertiary alicyclic amines) is 1. The van der Waals surface area contributed by atoms with Crippen molar-refractivity contribution in [1.82, 2.24) is 4.90 Å². The number of hydrogen-bond donors (Lipinski definition) is 4. The molecule has 3 rings (SSSR count). The second-order valence-corrected chi connectivity index (χ2v) is 6.30. The summed E-state index contributed by atoms with van der Waals surface area (Å²) >= 11 is 0. The van der Waals surface area contributed by atoms with Crippen molar-refractivity contribution in [3.05, 3.63) is 30.1 Å². The van der Waals surface area contributed by atoms with Crippen LogP contribution in [-0.4, -0.2) is 74.7 Å². The predicted octanol–water partition coefficient (Wildman–Crippen LogP) is -4.03. The molecule has 2 fully saturated rings. The summed E-state index contributed by atoms with van der Waals surface area (Å²) in [6, 6.07) is 1.91. The highest BCUT2D eigenvalue weighted by Gasteiger charge is 2.49. The zero-order valence-electron chi connectivity index (χ0n) is 16.4. The Morgan fingerprint density at radius 2 is 2.08 bits per heavy atom. The molecule has 1 aromatic rings. The van der Waals surface area contributed by atoms with Gasteiger partial charge in [0.25, 0.3) is 12.1 Å². The Morgan fingerprint density at radius 3 is 2.73 bits per heavy atom. The topological polar surface area (TPSA) is 154 Å². The minimum atomic E-state index is -2.80. The molecule has 1 unspecified atom stereocenters. The minimum Gasteiger partial charge on any atom is -0.547 e. The van der Waals surface area contributed by atoms with Crippen molar-refractivity contribution in [2.24, 2.45) is 0 Å². The predicted molar refractivity (Wildman–Crippen MR) is 79.7 cm³/mol. The van der Waals surface area contributed by atoms with Crippen LogP contribution in [-0.2, 0) is 14.3 Å². The molecule has 10 nitrogen and oxygen atoms in total. The van der Waals surface area contributed by atoms with Gasteiger partial charge in [-0.1, -0.05) is 0 Å². The molecule has 0 aromatic carbocycles. The minimum absolute atomic E-state index is 0.182. The van der Waals surface area contributed by atoms with E-state index in [2.05, 4.69) is 0 Å². The number of aliphatic carboxylic acids is 1. The number of carboxylic acids is 1. The van der Waals surface area contributed by atoms with Gasteiger partial charge in [-0.15, -0.1) is 0 Å². The van der Waals surface area contributed by atoms with E-state index in [9.17, 15) is 35.1 Å². The first kappa shape index (κ1) is 15.0. The van der Waals surface area contributed by atoms with Gasteiger partial charge in [0.15, 0.2) is 18.5 Å². The number of likely N-dealkylation sites (N-methyl/N-ethyl adjacent to an activating group) is 1. The third-order valence-electron chi connectivity index (χ3n) is 4.62. The molecule has 1 amide bonds. The first-order valence-corrected chi connectivity index (χ1v) is 7.86. The van der Waals surface area contributed by atoms with E-state index in [1.807, 2.05) is 0 Å². The van der Waals surface area contributed by atoms with E-state index in [-0.39, 0.29) is 12.0 Å². The molecule has 2 aliphatic heterocycles. The largest absolute Gasteiger partial charge is 0.547 e. The normalized spacial score (nSPS) is 40.0. The maximum absolute atomic E-state index is 12.1. The molecule has 0 spiro atoms. The van der Waals surface area contributed by atoms with Crippen molar-refractivity contribution in [2.75, 3.05) is 6.98 Å². The summed E-state index contributed by atoms with van der Waals surface area (Å²) in [6.07, 6.45) is -7.84. The van der Waals surface area contributed by atoms with Gasteiger partial charge in [0.05, 0.1) is 12.0 Å². The van der Waals surface area contributed by atoms with Gasteiger partial charge in [-0.3, -0.25) is 4.79 Å². The molecule has 7 atom stereocenters. The summed E-state index contributed by atoms with van der Waals surface area (Å²) in [5.74, 6) is -2.74. The summed E-state index contributed by atoms with van der Waals surface area (Å²) in [5.41, 5.74) is 0.273. The lowest BCUT2D eigenvalue weighted by Crippen LogP contribution is -2.65. The van der Waals surface area contributed by atoms with E-state index in [1.54, 1.807) is 0 Å². The molecule has 2 saturated heterocycles. The summed E-state index contributed by atoms with van der Waals surface area (Å²) in [7, 11) is 0. The zero-order chi connectivity index (χ0) is 21.7. The number of pyridine rings is 1. The summed E-state index contributed by atoms with van der Waals surface area (Å²) in [6.45, 7) is -2.80. The summed E-state index contributed by atoms with van der Waals surface area (Å²) in [5, 5.41) is 50.9. The van der Waals surface area contributed by atoms with Crippen molar-refractivity contribution in [3.63, 3.8) is 0 Å². The van der Waals surface area contributed by atoms with Crippen LogP contribution in [0.15, 0.2) is 24.5 Å². The Kier molecular flexibility index (Phi) is 3.98. The van der Waals surface area contributed by atoms with E-state index < -0.39 is 61.6 Å². The number of nitrogens with zero attached hydrogens (tertiary/aromatic N) is 2. The number of aliphatic hydroxyl groups excluding tert-OH is 4. The van der Waals surface area contributed by atoms with Crippen molar-refractivity contribution in [1.29, 1.82) is 0 Å². The molecule has 0 saturated carbocycles. The highest BCUT2D eigenvalue weighted by Crippen LogP contribution is 2.31. The number of aliphatic hydroxyl groups is 4. The molecule has 142 valence electrons. The Morgan fingerprint density at radius 1 is 1.35 bits per heavy atom. The van der Waals surface area contributed by atoms with E-state index in [0.717, 1.165) is 0 Å². The molecule has 1 aromatic heterocycles. The van der Waals surface area contributed by atoms with E-state index >= 15 is 0 Å². The Hall–Kier alpha value is -2.11. The molecule has 0 bridgehead atoms. The maximum atomic E-state index is 12.1. The van der Waals surface area contributed by atoms with Gasteiger partial charge in [0, 0.05) is 29.1 Å². The molecule has 0 aliphatic carbocycles. The first-order valence-electron chi connectivity index (χ1n) is 9.36. The second-order valence-electron chi connectivity index (χ2n) is 6.30. The molecule has 2 aliphatic rings. The van der Waals surface area contributed by atoms with Gasteiger partial charge < -0.3 is 40.0 Å². The maximum Gasteiger partial charge on any atom is 0.292 e. The molecule has 10 heteroatoms. The number of carbonyl (C=O) groups excluding carboxylic acids is 2. The fourth-order valence-corrected chi connectivity index (χ4v) is 3.19. The first-order chi connectivity index (χ1) is 13.4. The standard InChI is InChI=1S/C16H20N2O8/c1-17-8(5-9(19)14(17)23)7-3-2-4-18(6-7)15-12(22)10(20)11(21)13(26-15)16(24)25/h2-4,6,8-13,15,19-22H,5H2,1H3/t8?,9-,10+,11+,12-,13+,15-/m1/s1/i1D3. The lowest BCUT2D eigenvalue weighted by Gasteiger charge is -2.37. The third-order valence-corrected chi connectivity index (χ3v) is 4.62. The van der Waals surface area contributed by atoms with Crippen LogP contribution in [0.25, 0.3) is 0 Å². The van der Waals surface area contributed by atoms with Gasteiger partial charge in [-0.25, -0.2) is 0 Å². The molecular weight excluding hydrogens is 348 g/mol. The van der Waals surface area contributed by atoms with Crippen LogP contribution < -0.4 is 9.67 Å². The van der Waals surface area contributed by atoms with Crippen molar-refractivity contribution >= 4 is 11.9 Å². The number of carboxylic acid groups (broad SMARTS) is 1. The fraction of sp³-hybridized carbons (Fsp3) is 0.562. The molecule has 0 radical (unpaired) electrons. The third kappa shape index (κ3) is 3.06. The van der Waals surface area contributed by atoms with E-state index in [0.29, 0.717) is 4.90 Å². The van der Waals surface area contributed by atoms with Crippen LogP contribution in [0.4, 0.5) is 0 Å². The van der Waals surface area contributed by atoms with E-state index in [1.165, 1.54) is 29.1 Å². The lowest BCUT2D eigenvalue weighted by atomic mass is 9.97. The summed E-state index contributed by atoms with van der Waals surface area (Å²) < 4.78 is 29.0. The van der Waals surface area contributed by atoms with Crippen LogP contribution in [0.1, 0.15) is 28.4 Å². The Bertz CT molecular complexity index is 807. The highest BCUT2D eigenvalue weighted by atomic mass is 16.6. The quantitative estimate of drug-likeness (QED) is 0.392. The Balaban J connectivity index is 1.95. The van der Waals surface area contributed by atoms with Gasteiger partial charge >= 0.3 is 0 Å². The number of amides is 1. The van der Waals surface area contributed by atoms with Crippen LogP contribution in [0.5, 0.6) is 0 Å². The van der Waals surface area contributed by atoms with E-state index in [4.69, 9.17) is 8.85 Å². The van der Waals surface area contributed by atoms with Gasteiger partial charge in [-0.2, -0.15) is 4.57 Å². The number of rotatable bonds is 3. The van der Waals surface area contributed by atoms with Crippen LogP contribution in [0.3, 0.4) is 0 Å². The molecule has 3 heterocycles. The molecule has 26 heavy (non-hydrogen) atoms. The van der Waals surface area contributed by atoms with Gasteiger partial charge in [0.2, 0.25) is 0 Å². The highest BCUT2D eigenvalue weighted by molar-refractivity contribution is 5.83. The summed E-state index contributed by atoms with van der Waals surface area (Å²) in [4.78, 5) is 23.8. The second kappa shape index (κ2) is 6.89. The average Bonchev–Trinajstić information content (AvgIpc) is 2.95. The molecular formula is C16H20N2O8. The SMILES string of the molecule is [2H]C([2H])([2H])N1C(=O)[C@H](O)CC1c1ccc[n+]([C@@H]2O[C@H](C(=O)[O-])[C@@H](O)[C@H](O)[C@H]2O)c1. The van der Waals surface area contributed by atoms with Crippen molar-refractivity contribution in [2.45, 2.75) is 49.2 Å². The van der Waals surface area contributed by atoms with Gasteiger partial charge in [-0.05, 0) is 6.07 Å². The van der Waals surface area contributed by atoms with Crippen LogP contribution >= 0.6 is 0 Å². The van der Waals surface area contributed by atoms with Crippen molar-refractivity contribution < 1.29 is 48.5 Å². The monoisotopic (exact) mass is 371 g/mol. The lowest BCUT2D eigenvalue weighted by molar-refractivity contribution is -0.777. The van der Waals surface area contributed by atoms with Crippen LogP contribution in [0, 0.1) is 0 Å². The fourth-order valence-electron chi connectivity index (χ4n) is 3.19. The zero-order valence-corrected chi connectivity index (χ0v) is 13.4. The number of hydrogen-bond acceptors (Lipinski definition) is 8. The van der Waals surface area contributed by atoms with Crippen LogP contribution in [0.2, 0.25) is 0 Å². The molecule has 4 N–H and O–H groups in total. The number of carbonyl (C=O) groups is 2.